The highest BCUT2D eigenvalue weighted by Crippen LogP contribution is 2.16. The minimum atomic E-state index is -0.347. The Bertz CT molecular complexity index is 600. The molecule has 6 nitrogen and oxygen atoms in total. The van der Waals surface area contributed by atoms with Crippen molar-refractivity contribution in [3.05, 3.63) is 34.3 Å². The van der Waals surface area contributed by atoms with Gasteiger partial charge in [-0.1, -0.05) is 11.8 Å². The van der Waals surface area contributed by atoms with Gasteiger partial charge in [0.05, 0.1) is 12.4 Å². The van der Waals surface area contributed by atoms with E-state index >= 15 is 0 Å². The Kier molecular flexibility index (Phi) is 3.96. The Labute approximate surface area is 107 Å². The summed E-state index contributed by atoms with van der Waals surface area (Å²) in [5.74, 6) is 4.99. The van der Waals surface area contributed by atoms with E-state index in [9.17, 15) is 4.79 Å². The molecule has 0 aliphatic heterocycles. The van der Waals surface area contributed by atoms with Crippen molar-refractivity contribution in [2.75, 3.05) is 11.9 Å². The van der Waals surface area contributed by atoms with E-state index in [1.54, 1.807) is 11.4 Å². The van der Waals surface area contributed by atoms with Gasteiger partial charge in [0.15, 0.2) is 0 Å². The number of hydrogen-bond acceptors (Lipinski definition) is 6. The standard InChI is InChI=1S/C11H8N4O2S/c16-6-1-2-8-3-7-18-9(8)10(17)14-11-12-4-5-13-15-11/h3-5,7,16H,6H2,(H,12,14,15,17). The van der Waals surface area contributed by atoms with Crippen molar-refractivity contribution in [3.63, 3.8) is 0 Å². The quantitative estimate of drug-likeness (QED) is 0.769. The maximum atomic E-state index is 11.9. The predicted molar refractivity (Wildman–Crippen MR) is 66.1 cm³/mol. The minimum absolute atomic E-state index is 0.136. The molecule has 2 aromatic rings. The van der Waals surface area contributed by atoms with Crippen LogP contribution in [0.5, 0.6) is 0 Å². The SMILES string of the molecule is O=C(Nc1nccnn1)c1sccc1C#CCO. The first-order chi connectivity index (χ1) is 8.81. The smallest absolute Gasteiger partial charge is 0.269 e. The molecule has 0 saturated heterocycles. The molecule has 0 aliphatic carbocycles. The van der Waals surface area contributed by atoms with Crippen LogP contribution in [-0.2, 0) is 0 Å². The average Bonchev–Trinajstić information content (AvgIpc) is 2.86. The van der Waals surface area contributed by atoms with Crippen molar-refractivity contribution in [1.82, 2.24) is 15.2 Å². The Hall–Kier alpha value is -2.30. The van der Waals surface area contributed by atoms with E-state index < -0.39 is 0 Å². The van der Waals surface area contributed by atoms with Crippen LogP contribution in [0.1, 0.15) is 15.2 Å². The fourth-order valence-electron chi connectivity index (χ4n) is 1.18. The lowest BCUT2D eigenvalue weighted by Gasteiger charge is -2.00. The highest BCUT2D eigenvalue weighted by molar-refractivity contribution is 7.12. The zero-order valence-corrected chi connectivity index (χ0v) is 9.94. The van der Waals surface area contributed by atoms with Crippen LogP contribution in [0.15, 0.2) is 23.8 Å². The molecule has 0 saturated carbocycles. The van der Waals surface area contributed by atoms with Crippen molar-refractivity contribution in [3.8, 4) is 11.8 Å². The summed E-state index contributed by atoms with van der Waals surface area (Å²) in [7, 11) is 0. The predicted octanol–water partition coefficient (Wildman–Crippen LogP) is 0.529. The molecule has 1 amide bonds. The van der Waals surface area contributed by atoms with E-state index in [-0.39, 0.29) is 18.5 Å². The van der Waals surface area contributed by atoms with Crippen molar-refractivity contribution in [2.45, 2.75) is 0 Å². The van der Waals surface area contributed by atoms with Gasteiger partial charge < -0.3 is 5.11 Å². The first-order valence-corrected chi connectivity index (χ1v) is 5.81. The van der Waals surface area contributed by atoms with Gasteiger partial charge in [-0.2, -0.15) is 5.10 Å². The topological polar surface area (TPSA) is 88.0 Å². The lowest BCUT2D eigenvalue weighted by molar-refractivity contribution is 0.102. The first kappa shape index (κ1) is 12.2. The van der Waals surface area contributed by atoms with Crippen LogP contribution in [0.3, 0.4) is 0 Å². The van der Waals surface area contributed by atoms with E-state index in [1.807, 2.05) is 0 Å². The third-order valence-electron chi connectivity index (χ3n) is 1.88. The number of thiophene rings is 1. The normalized spacial score (nSPS) is 9.39. The Balaban J connectivity index is 2.17. The Morgan fingerprint density at radius 2 is 2.39 bits per heavy atom. The zero-order chi connectivity index (χ0) is 12.8. The molecule has 0 aliphatic rings. The molecular formula is C11H8N4O2S. The summed E-state index contributed by atoms with van der Waals surface area (Å²) < 4.78 is 0. The Morgan fingerprint density at radius 3 is 3.11 bits per heavy atom. The summed E-state index contributed by atoms with van der Waals surface area (Å²) in [6.07, 6.45) is 2.85. The average molecular weight is 260 g/mol. The van der Waals surface area contributed by atoms with Gasteiger partial charge in [0.1, 0.15) is 11.5 Å². The molecule has 2 rings (SSSR count). The van der Waals surface area contributed by atoms with Crippen molar-refractivity contribution in [2.24, 2.45) is 0 Å². The molecule has 0 radical (unpaired) electrons. The van der Waals surface area contributed by atoms with E-state index in [2.05, 4.69) is 32.3 Å². The van der Waals surface area contributed by atoms with Gasteiger partial charge in [0, 0.05) is 5.56 Å². The van der Waals surface area contributed by atoms with E-state index in [0.717, 1.165) is 0 Å². The van der Waals surface area contributed by atoms with Crippen LogP contribution in [0, 0.1) is 11.8 Å². The number of rotatable bonds is 2. The van der Waals surface area contributed by atoms with Gasteiger partial charge in [-0.05, 0) is 11.4 Å². The maximum Gasteiger partial charge on any atom is 0.269 e. The first-order valence-electron chi connectivity index (χ1n) is 4.93. The van der Waals surface area contributed by atoms with Gasteiger partial charge >= 0.3 is 0 Å². The third-order valence-corrected chi connectivity index (χ3v) is 2.79. The molecule has 7 heteroatoms. The second-order valence-corrected chi connectivity index (χ2v) is 3.96. The van der Waals surface area contributed by atoms with Crippen LogP contribution in [-0.4, -0.2) is 32.8 Å². The molecule has 2 heterocycles. The molecule has 2 N–H and O–H groups in total. The second kappa shape index (κ2) is 5.86. The number of nitrogens with one attached hydrogen (secondary N) is 1. The van der Waals surface area contributed by atoms with Gasteiger partial charge in [0.2, 0.25) is 5.95 Å². The molecule has 0 atom stereocenters. The summed E-state index contributed by atoms with van der Waals surface area (Å²) in [5, 5.41) is 20.2. The fourth-order valence-corrected chi connectivity index (χ4v) is 1.93. The van der Waals surface area contributed by atoms with Gasteiger partial charge in [-0.25, -0.2) is 4.98 Å². The molecule has 0 fully saturated rings. The summed E-state index contributed by atoms with van der Waals surface area (Å²) in [4.78, 5) is 16.2. The number of aliphatic hydroxyl groups is 1. The maximum absolute atomic E-state index is 11.9. The second-order valence-electron chi connectivity index (χ2n) is 3.04. The van der Waals surface area contributed by atoms with Gasteiger partial charge in [-0.15, -0.1) is 16.4 Å². The largest absolute Gasteiger partial charge is 0.384 e. The van der Waals surface area contributed by atoms with E-state index in [1.165, 1.54) is 23.7 Å². The molecular weight excluding hydrogens is 252 g/mol. The zero-order valence-electron chi connectivity index (χ0n) is 9.12. The molecule has 0 unspecified atom stereocenters. The van der Waals surface area contributed by atoms with Gasteiger partial charge in [-0.3, -0.25) is 10.1 Å². The molecule has 2 aromatic heterocycles. The number of aromatic nitrogens is 3. The number of aliphatic hydroxyl groups excluding tert-OH is 1. The number of carbonyl (C=O) groups excluding carboxylic acids is 1. The van der Waals surface area contributed by atoms with Crippen molar-refractivity contribution in [1.29, 1.82) is 0 Å². The van der Waals surface area contributed by atoms with Gasteiger partial charge in [0.25, 0.3) is 5.91 Å². The highest BCUT2D eigenvalue weighted by atomic mass is 32.1. The Morgan fingerprint density at radius 1 is 1.50 bits per heavy atom. The lowest BCUT2D eigenvalue weighted by Crippen LogP contribution is -2.14. The molecule has 0 bridgehead atoms. The highest BCUT2D eigenvalue weighted by Gasteiger charge is 2.13. The van der Waals surface area contributed by atoms with E-state index in [0.29, 0.717) is 10.4 Å². The molecule has 0 spiro atoms. The number of amides is 1. The molecule has 0 aromatic carbocycles. The number of anilines is 1. The third kappa shape index (κ3) is 2.88. The summed E-state index contributed by atoms with van der Waals surface area (Å²) in [6.45, 7) is -0.247. The van der Waals surface area contributed by atoms with Crippen LogP contribution in [0.25, 0.3) is 0 Å². The molecule has 18 heavy (non-hydrogen) atoms. The van der Waals surface area contributed by atoms with Crippen LogP contribution in [0.2, 0.25) is 0 Å². The van der Waals surface area contributed by atoms with Crippen LogP contribution >= 0.6 is 11.3 Å². The van der Waals surface area contributed by atoms with E-state index in [4.69, 9.17) is 5.11 Å². The number of hydrogen-bond donors (Lipinski definition) is 2. The van der Waals surface area contributed by atoms with Crippen LogP contribution < -0.4 is 5.32 Å². The molecule has 90 valence electrons. The van der Waals surface area contributed by atoms with Crippen molar-refractivity contribution >= 4 is 23.2 Å². The fraction of sp³-hybridized carbons (Fsp3) is 0.0909. The van der Waals surface area contributed by atoms with Crippen molar-refractivity contribution < 1.29 is 9.90 Å². The minimum Gasteiger partial charge on any atom is -0.384 e. The van der Waals surface area contributed by atoms with Crippen LogP contribution in [0.4, 0.5) is 5.95 Å². The summed E-state index contributed by atoms with van der Waals surface area (Å²) in [6, 6.07) is 1.71. The summed E-state index contributed by atoms with van der Waals surface area (Å²) in [5.41, 5.74) is 0.565. The lowest BCUT2D eigenvalue weighted by atomic mass is 10.2. The number of nitrogens with zero attached hydrogens (tertiary/aromatic N) is 3. The monoisotopic (exact) mass is 260 g/mol. The number of carbonyl (C=O) groups is 1. The summed E-state index contributed by atoms with van der Waals surface area (Å²) >= 11 is 1.26.